The van der Waals surface area contributed by atoms with E-state index >= 15 is 0 Å². The maximum Gasteiger partial charge on any atom is 0.287 e. The molecule has 0 radical (unpaired) electrons. The molecule has 1 fully saturated rings. The Labute approximate surface area is 166 Å². The number of rotatable bonds is 4. The molecule has 3 heterocycles. The number of halogens is 1. The van der Waals surface area contributed by atoms with Crippen molar-refractivity contribution in [3.8, 4) is 5.88 Å². The second kappa shape index (κ2) is 7.56. The summed E-state index contributed by atoms with van der Waals surface area (Å²) in [5, 5.41) is 30.3. The first kappa shape index (κ1) is 17.8. The van der Waals surface area contributed by atoms with E-state index in [-0.39, 0.29) is 18.1 Å². The van der Waals surface area contributed by atoms with Crippen molar-refractivity contribution >= 4 is 51.0 Å². The van der Waals surface area contributed by atoms with Crippen LogP contribution >= 0.6 is 22.6 Å². The number of amides is 1. The van der Waals surface area contributed by atoms with Gasteiger partial charge in [0.05, 0.1) is 18.7 Å². The summed E-state index contributed by atoms with van der Waals surface area (Å²) in [6, 6.07) is 5.57. The van der Waals surface area contributed by atoms with Gasteiger partial charge >= 0.3 is 0 Å². The zero-order valence-electron chi connectivity index (χ0n) is 14.0. The highest BCUT2D eigenvalue weighted by Crippen LogP contribution is 2.36. The molecule has 1 aliphatic heterocycles. The van der Waals surface area contributed by atoms with Crippen LogP contribution in [0.5, 0.6) is 5.88 Å². The van der Waals surface area contributed by atoms with Crippen molar-refractivity contribution in [2.75, 3.05) is 31.2 Å². The first-order valence-corrected chi connectivity index (χ1v) is 9.23. The molecule has 0 aliphatic carbocycles. The fourth-order valence-electron chi connectivity index (χ4n) is 2.69. The zero-order valence-corrected chi connectivity index (χ0v) is 16.2. The van der Waals surface area contributed by atoms with Crippen LogP contribution in [-0.4, -0.2) is 62.5 Å². The van der Waals surface area contributed by atoms with Gasteiger partial charge in [-0.15, -0.1) is 15.3 Å². The van der Waals surface area contributed by atoms with Crippen LogP contribution in [0.4, 0.5) is 11.6 Å². The van der Waals surface area contributed by atoms with Crippen LogP contribution in [0.2, 0.25) is 0 Å². The summed E-state index contributed by atoms with van der Waals surface area (Å²) < 4.78 is 6.25. The standard InChI is InChI=1S/C15H15IN8O3/c16-9-1-2-11-10(7-9)13(14(26)17-11)19-18-12(25)8-24-21-15(20-22-24)23-3-5-27-6-4-23/h1-2,7,17,26H,3-6,8H2. The lowest BCUT2D eigenvalue weighted by atomic mass is 10.2. The quantitative estimate of drug-likeness (QED) is 0.426. The van der Waals surface area contributed by atoms with Crippen LogP contribution < -0.4 is 4.90 Å². The molecule has 0 unspecified atom stereocenters. The van der Waals surface area contributed by atoms with Crippen LogP contribution in [0.15, 0.2) is 28.4 Å². The number of nitrogens with zero attached hydrogens (tertiary/aromatic N) is 7. The number of azo groups is 1. The Balaban J connectivity index is 1.46. The van der Waals surface area contributed by atoms with E-state index in [4.69, 9.17) is 4.74 Å². The molecule has 1 aliphatic rings. The fourth-order valence-corrected chi connectivity index (χ4v) is 3.18. The predicted octanol–water partition coefficient (Wildman–Crippen LogP) is 1.61. The molecule has 0 saturated carbocycles. The van der Waals surface area contributed by atoms with Gasteiger partial charge in [-0.25, -0.2) is 0 Å². The minimum absolute atomic E-state index is 0.142. The molecule has 1 aromatic carbocycles. The van der Waals surface area contributed by atoms with Crippen molar-refractivity contribution in [3.63, 3.8) is 0 Å². The summed E-state index contributed by atoms with van der Waals surface area (Å²) in [6.45, 7) is 2.38. The van der Waals surface area contributed by atoms with E-state index in [1.807, 2.05) is 23.1 Å². The summed E-state index contributed by atoms with van der Waals surface area (Å²) in [4.78, 5) is 18.0. The Morgan fingerprint density at radius 1 is 1.37 bits per heavy atom. The van der Waals surface area contributed by atoms with Crippen molar-refractivity contribution < 1.29 is 14.6 Å². The van der Waals surface area contributed by atoms with Gasteiger partial charge in [0.2, 0.25) is 5.88 Å². The van der Waals surface area contributed by atoms with E-state index in [9.17, 15) is 9.90 Å². The molecule has 0 spiro atoms. The van der Waals surface area contributed by atoms with Crippen molar-refractivity contribution in [1.82, 2.24) is 25.2 Å². The number of ether oxygens (including phenoxy) is 1. The molecule has 3 aromatic rings. The number of hydrogen-bond donors (Lipinski definition) is 2. The first-order chi connectivity index (χ1) is 13.1. The van der Waals surface area contributed by atoms with Gasteiger partial charge in [0.15, 0.2) is 5.69 Å². The number of aromatic hydroxyl groups is 1. The highest BCUT2D eigenvalue weighted by Gasteiger charge is 2.17. The summed E-state index contributed by atoms with van der Waals surface area (Å²) in [5.41, 5.74) is 0.930. The van der Waals surface area contributed by atoms with E-state index < -0.39 is 5.91 Å². The number of morpholine rings is 1. The van der Waals surface area contributed by atoms with Gasteiger partial charge < -0.3 is 19.7 Å². The maximum atomic E-state index is 12.1. The lowest BCUT2D eigenvalue weighted by molar-refractivity contribution is -0.119. The molecule has 27 heavy (non-hydrogen) atoms. The molecular weight excluding hydrogens is 467 g/mol. The number of nitrogens with one attached hydrogen (secondary N) is 1. The lowest BCUT2D eigenvalue weighted by Gasteiger charge is -2.24. The predicted molar refractivity (Wildman–Crippen MR) is 103 cm³/mol. The van der Waals surface area contributed by atoms with Crippen molar-refractivity contribution in [2.45, 2.75) is 6.54 Å². The van der Waals surface area contributed by atoms with Crippen LogP contribution in [0.25, 0.3) is 10.9 Å². The number of carbonyl (C=O) groups excluding carboxylic acids is 1. The van der Waals surface area contributed by atoms with Gasteiger partial charge in [0.1, 0.15) is 6.54 Å². The van der Waals surface area contributed by atoms with Gasteiger partial charge in [0, 0.05) is 22.0 Å². The zero-order chi connectivity index (χ0) is 18.8. The molecule has 0 atom stereocenters. The summed E-state index contributed by atoms with van der Waals surface area (Å²) >= 11 is 2.16. The van der Waals surface area contributed by atoms with Crippen LogP contribution in [0, 0.1) is 3.57 Å². The molecular formula is C15H15IN8O3. The van der Waals surface area contributed by atoms with E-state index in [1.165, 1.54) is 4.80 Å². The normalized spacial score (nSPS) is 15.1. The molecule has 2 aromatic heterocycles. The number of tetrazole rings is 1. The highest BCUT2D eigenvalue weighted by molar-refractivity contribution is 14.1. The number of anilines is 1. The van der Waals surface area contributed by atoms with Crippen LogP contribution in [0.3, 0.4) is 0 Å². The molecule has 1 saturated heterocycles. The van der Waals surface area contributed by atoms with Crippen LogP contribution in [-0.2, 0) is 16.1 Å². The summed E-state index contributed by atoms with van der Waals surface area (Å²) in [5.74, 6) is -0.246. The number of carbonyl (C=O) groups is 1. The molecule has 140 valence electrons. The summed E-state index contributed by atoms with van der Waals surface area (Å²) in [7, 11) is 0. The third-order valence-electron chi connectivity index (χ3n) is 3.99. The van der Waals surface area contributed by atoms with E-state index in [0.717, 1.165) is 3.57 Å². The Kier molecular flexibility index (Phi) is 4.98. The summed E-state index contributed by atoms with van der Waals surface area (Å²) in [6.07, 6.45) is 0. The topological polar surface area (TPSA) is 134 Å². The Bertz CT molecular complexity index is 1010. The molecule has 1 amide bonds. The smallest absolute Gasteiger partial charge is 0.287 e. The molecule has 11 nitrogen and oxygen atoms in total. The van der Waals surface area contributed by atoms with Crippen LogP contribution in [0.1, 0.15) is 0 Å². The SMILES string of the molecule is O=C(Cn1nnc(N2CCOCC2)n1)N=Nc1c(O)[nH]c2ccc(I)cc12. The highest BCUT2D eigenvalue weighted by atomic mass is 127. The second-order valence-electron chi connectivity index (χ2n) is 5.83. The molecule has 2 N–H and O–H groups in total. The second-order valence-corrected chi connectivity index (χ2v) is 7.07. The average molecular weight is 482 g/mol. The maximum absolute atomic E-state index is 12.1. The largest absolute Gasteiger partial charge is 0.493 e. The van der Waals surface area contributed by atoms with Gasteiger partial charge in [0.25, 0.3) is 11.9 Å². The molecule has 4 rings (SSSR count). The van der Waals surface area contributed by atoms with Crippen molar-refractivity contribution in [1.29, 1.82) is 0 Å². The van der Waals surface area contributed by atoms with E-state index in [2.05, 4.69) is 53.2 Å². The fraction of sp³-hybridized carbons (Fsp3) is 0.333. The van der Waals surface area contributed by atoms with E-state index in [0.29, 0.717) is 43.2 Å². The lowest BCUT2D eigenvalue weighted by Crippen LogP contribution is -2.37. The van der Waals surface area contributed by atoms with Gasteiger partial charge in [-0.3, -0.25) is 4.79 Å². The van der Waals surface area contributed by atoms with Gasteiger partial charge in [-0.1, -0.05) is 5.10 Å². The Hall–Kier alpha value is -2.61. The number of benzene rings is 1. The minimum atomic E-state index is -0.555. The monoisotopic (exact) mass is 482 g/mol. The number of hydrogen-bond acceptors (Lipinski definition) is 8. The third-order valence-corrected chi connectivity index (χ3v) is 4.66. The number of aromatic nitrogens is 5. The Morgan fingerprint density at radius 2 is 2.19 bits per heavy atom. The van der Waals surface area contributed by atoms with Crippen molar-refractivity contribution in [3.05, 3.63) is 21.8 Å². The first-order valence-electron chi connectivity index (χ1n) is 8.15. The van der Waals surface area contributed by atoms with E-state index in [1.54, 1.807) is 0 Å². The molecule has 0 bridgehead atoms. The minimum Gasteiger partial charge on any atom is -0.493 e. The van der Waals surface area contributed by atoms with Crippen molar-refractivity contribution in [2.24, 2.45) is 10.2 Å². The number of fused-ring (bicyclic) bond motifs is 1. The van der Waals surface area contributed by atoms with Gasteiger partial charge in [-0.2, -0.15) is 4.80 Å². The van der Waals surface area contributed by atoms with Gasteiger partial charge in [-0.05, 0) is 46.0 Å². The number of aromatic amines is 1. The molecule has 12 heteroatoms. The number of H-pyrrole nitrogens is 1. The average Bonchev–Trinajstić information content (AvgIpc) is 3.24. The Morgan fingerprint density at radius 3 is 3.00 bits per heavy atom. The third kappa shape index (κ3) is 3.90.